The minimum absolute atomic E-state index is 0.169. The molecule has 1 aromatic heterocycles. The Morgan fingerprint density at radius 2 is 2.45 bits per heavy atom. The summed E-state index contributed by atoms with van der Waals surface area (Å²) in [6, 6.07) is 0. The first-order valence-electron chi connectivity index (χ1n) is 6.53. The van der Waals surface area contributed by atoms with Gasteiger partial charge in [0.15, 0.2) is 0 Å². The molecule has 1 aliphatic heterocycles. The molecule has 0 fully saturated rings. The first-order valence-corrected chi connectivity index (χ1v) is 6.53. The molecule has 20 heavy (non-hydrogen) atoms. The highest BCUT2D eigenvalue weighted by Crippen LogP contribution is 2.23. The fourth-order valence-electron chi connectivity index (χ4n) is 2.10. The molecule has 1 aromatic rings. The van der Waals surface area contributed by atoms with Crippen LogP contribution in [0.25, 0.3) is 0 Å². The van der Waals surface area contributed by atoms with Crippen LogP contribution in [0.1, 0.15) is 26.0 Å². The van der Waals surface area contributed by atoms with E-state index in [1.54, 1.807) is 26.6 Å². The first-order chi connectivity index (χ1) is 9.55. The van der Waals surface area contributed by atoms with Gasteiger partial charge in [-0.15, -0.1) is 0 Å². The molecule has 0 aromatic carbocycles. The maximum Gasteiger partial charge on any atom is 0.267 e. The van der Waals surface area contributed by atoms with E-state index in [0.717, 1.165) is 11.4 Å². The van der Waals surface area contributed by atoms with Crippen molar-refractivity contribution in [2.75, 3.05) is 13.7 Å². The molecule has 7 heteroatoms. The van der Waals surface area contributed by atoms with Crippen LogP contribution >= 0.6 is 0 Å². The monoisotopic (exact) mass is 280 g/mol. The summed E-state index contributed by atoms with van der Waals surface area (Å²) in [6.07, 6.45) is 3.97. The van der Waals surface area contributed by atoms with Crippen LogP contribution in [-0.2, 0) is 27.5 Å². The molecule has 0 unspecified atom stereocenters. The summed E-state index contributed by atoms with van der Waals surface area (Å²) in [6.45, 7) is 5.30. The number of imidazole rings is 1. The van der Waals surface area contributed by atoms with Gasteiger partial charge in [0.2, 0.25) is 5.60 Å². The predicted molar refractivity (Wildman–Crippen MR) is 73.2 cm³/mol. The van der Waals surface area contributed by atoms with E-state index in [1.165, 1.54) is 0 Å². The normalized spacial score (nSPS) is 21.4. The lowest BCUT2D eigenvalue weighted by molar-refractivity contribution is -0.141. The molecule has 0 spiro atoms. The maximum absolute atomic E-state index is 12.2. The molecule has 0 radical (unpaired) electrons. The SMILES string of the molecule is COCCn1cncc1CNC(=O)[C@]1(C)CC(C)=NO1. The summed E-state index contributed by atoms with van der Waals surface area (Å²) < 4.78 is 6.98. The van der Waals surface area contributed by atoms with E-state index in [0.29, 0.717) is 26.1 Å². The maximum atomic E-state index is 12.2. The van der Waals surface area contributed by atoms with Crippen molar-refractivity contribution in [2.24, 2.45) is 5.16 Å². The lowest BCUT2D eigenvalue weighted by atomic mass is 9.99. The molecule has 7 nitrogen and oxygen atoms in total. The number of hydrogen-bond acceptors (Lipinski definition) is 5. The first kappa shape index (κ1) is 14.5. The zero-order chi connectivity index (χ0) is 14.6. The summed E-state index contributed by atoms with van der Waals surface area (Å²) in [4.78, 5) is 21.5. The lowest BCUT2D eigenvalue weighted by Gasteiger charge is -2.20. The molecule has 0 bridgehead atoms. The summed E-state index contributed by atoms with van der Waals surface area (Å²) in [7, 11) is 1.65. The van der Waals surface area contributed by atoms with Crippen molar-refractivity contribution in [3.63, 3.8) is 0 Å². The van der Waals surface area contributed by atoms with Crippen LogP contribution in [0, 0.1) is 0 Å². The lowest BCUT2D eigenvalue weighted by Crippen LogP contribution is -2.44. The third-order valence-electron chi connectivity index (χ3n) is 3.24. The molecule has 0 saturated carbocycles. The number of rotatable bonds is 6. The third kappa shape index (κ3) is 3.16. The minimum atomic E-state index is -0.901. The Labute approximate surface area is 118 Å². The Hall–Kier alpha value is -1.89. The topological polar surface area (TPSA) is 77.7 Å². The summed E-state index contributed by atoms with van der Waals surface area (Å²) in [5.74, 6) is -0.169. The second-order valence-corrected chi connectivity index (χ2v) is 5.08. The van der Waals surface area contributed by atoms with E-state index >= 15 is 0 Å². The highest BCUT2D eigenvalue weighted by Gasteiger charge is 2.40. The summed E-state index contributed by atoms with van der Waals surface area (Å²) in [5.41, 5.74) is 0.851. The summed E-state index contributed by atoms with van der Waals surface area (Å²) in [5, 5.41) is 6.70. The smallest absolute Gasteiger partial charge is 0.267 e. The predicted octanol–water partition coefficient (Wildman–Crippen LogP) is 0.701. The van der Waals surface area contributed by atoms with Crippen LogP contribution in [0.5, 0.6) is 0 Å². The number of amides is 1. The van der Waals surface area contributed by atoms with Crippen LogP contribution in [0.15, 0.2) is 17.7 Å². The molecular formula is C13H20N4O3. The van der Waals surface area contributed by atoms with Gasteiger partial charge in [-0.1, -0.05) is 5.16 Å². The van der Waals surface area contributed by atoms with E-state index in [2.05, 4.69) is 15.5 Å². The van der Waals surface area contributed by atoms with Crippen molar-refractivity contribution in [1.82, 2.24) is 14.9 Å². The number of ether oxygens (including phenoxy) is 1. The van der Waals surface area contributed by atoms with Crippen LogP contribution < -0.4 is 5.32 Å². The Kier molecular flexibility index (Phi) is 4.39. The van der Waals surface area contributed by atoms with Crippen LogP contribution in [0.4, 0.5) is 0 Å². The van der Waals surface area contributed by atoms with Crippen LogP contribution in [0.3, 0.4) is 0 Å². The minimum Gasteiger partial charge on any atom is -0.383 e. The molecule has 1 N–H and O–H groups in total. The van der Waals surface area contributed by atoms with Crippen LogP contribution in [0.2, 0.25) is 0 Å². The third-order valence-corrected chi connectivity index (χ3v) is 3.24. The number of carbonyl (C=O) groups excluding carboxylic acids is 1. The van der Waals surface area contributed by atoms with Gasteiger partial charge in [-0.2, -0.15) is 0 Å². The Morgan fingerprint density at radius 1 is 1.65 bits per heavy atom. The van der Waals surface area contributed by atoms with Gasteiger partial charge in [0.1, 0.15) is 0 Å². The standard InChI is InChI=1S/C13H20N4O3/c1-10-6-13(2,20-16-10)12(18)15-8-11-7-14-9-17(11)4-5-19-3/h7,9H,4-6,8H2,1-3H3,(H,15,18)/t13-/m0/s1. The van der Waals surface area contributed by atoms with Gasteiger partial charge < -0.3 is 19.5 Å². The Balaban J connectivity index is 1.89. The fourth-order valence-corrected chi connectivity index (χ4v) is 2.10. The van der Waals surface area contributed by atoms with Crippen molar-refractivity contribution < 1.29 is 14.4 Å². The second kappa shape index (κ2) is 6.04. The van der Waals surface area contributed by atoms with Gasteiger partial charge >= 0.3 is 0 Å². The van der Waals surface area contributed by atoms with Gasteiger partial charge in [0, 0.05) is 26.3 Å². The zero-order valence-corrected chi connectivity index (χ0v) is 12.0. The van der Waals surface area contributed by atoms with Gasteiger partial charge in [-0.3, -0.25) is 4.79 Å². The van der Waals surface area contributed by atoms with Crippen molar-refractivity contribution in [3.8, 4) is 0 Å². The largest absolute Gasteiger partial charge is 0.383 e. The molecule has 1 amide bonds. The number of carbonyl (C=O) groups is 1. The average Bonchev–Trinajstić information content (AvgIpc) is 3.01. The van der Waals surface area contributed by atoms with E-state index in [9.17, 15) is 4.79 Å². The van der Waals surface area contributed by atoms with Gasteiger partial charge in [0.05, 0.1) is 30.9 Å². The molecular weight excluding hydrogens is 260 g/mol. The highest BCUT2D eigenvalue weighted by atomic mass is 16.7. The van der Waals surface area contributed by atoms with Crippen molar-refractivity contribution in [3.05, 3.63) is 18.2 Å². The van der Waals surface area contributed by atoms with Gasteiger partial charge in [0.25, 0.3) is 5.91 Å². The quantitative estimate of drug-likeness (QED) is 0.832. The van der Waals surface area contributed by atoms with E-state index in [-0.39, 0.29) is 5.91 Å². The van der Waals surface area contributed by atoms with E-state index in [1.807, 2.05) is 11.5 Å². The highest BCUT2D eigenvalue weighted by molar-refractivity contribution is 5.94. The van der Waals surface area contributed by atoms with Crippen molar-refractivity contribution in [2.45, 2.75) is 39.0 Å². The number of aromatic nitrogens is 2. The van der Waals surface area contributed by atoms with E-state index < -0.39 is 5.60 Å². The zero-order valence-electron chi connectivity index (χ0n) is 12.0. The molecule has 2 heterocycles. The van der Waals surface area contributed by atoms with Gasteiger partial charge in [-0.05, 0) is 13.8 Å². The molecule has 0 saturated heterocycles. The van der Waals surface area contributed by atoms with Gasteiger partial charge in [-0.25, -0.2) is 4.98 Å². The Bertz CT molecular complexity index is 511. The average molecular weight is 280 g/mol. The van der Waals surface area contributed by atoms with E-state index in [4.69, 9.17) is 9.57 Å². The van der Waals surface area contributed by atoms with Crippen molar-refractivity contribution >= 4 is 11.6 Å². The number of hydrogen-bond donors (Lipinski definition) is 1. The molecule has 1 atom stereocenters. The molecule has 110 valence electrons. The number of methoxy groups -OCH3 is 1. The summed E-state index contributed by atoms with van der Waals surface area (Å²) >= 11 is 0. The molecule has 1 aliphatic rings. The number of nitrogens with one attached hydrogen (secondary N) is 1. The second-order valence-electron chi connectivity index (χ2n) is 5.08. The number of oxime groups is 1. The molecule has 2 rings (SSSR count). The van der Waals surface area contributed by atoms with Crippen LogP contribution in [-0.4, -0.2) is 40.5 Å². The fraction of sp³-hybridized carbons (Fsp3) is 0.615. The number of nitrogens with zero attached hydrogens (tertiary/aromatic N) is 3. The Morgan fingerprint density at radius 3 is 3.10 bits per heavy atom. The molecule has 0 aliphatic carbocycles. The van der Waals surface area contributed by atoms with Crippen molar-refractivity contribution in [1.29, 1.82) is 0 Å².